The SMILES string of the molecule is O=C(c1ccc(O)cc1)C1CCN(C[C@@H](O)C(F)(F)F)CC1. The summed E-state index contributed by atoms with van der Waals surface area (Å²) in [6, 6.07) is 5.94. The second kappa shape index (κ2) is 6.66. The molecule has 2 N–H and O–H groups in total. The van der Waals surface area contributed by atoms with Crippen LogP contribution in [0.2, 0.25) is 0 Å². The number of aliphatic hydroxyl groups is 1. The van der Waals surface area contributed by atoms with E-state index in [0.717, 1.165) is 0 Å². The predicted molar refractivity (Wildman–Crippen MR) is 73.7 cm³/mol. The van der Waals surface area contributed by atoms with Crippen molar-refractivity contribution in [3.05, 3.63) is 29.8 Å². The highest BCUT2D eigenvalue weighted by Crippen LogP contribution is 2.25. The van der Waals surface area contributed by atoms with Crippen molar-refractivity contribution in [1.29, 1.82) is 0 Å². The molecule has 0 saturated carbocycles. The summed E-state index contributed by atoms with van der Waals surface area (Å²) in [6.45, 7) is 0.243. The smallest absolute Gasteiger partial charge is 0.415 e. The Hall–Kier alpha value is -1.60. The Bertz CT molecular complexity index is 508. The van der Waals surface area contributed by atoms with Gasteiger partial charge in [-0.25, -0.2) is 0 Å². The van der Waals surface area contributed by atoms with E-state index in [0.29, 0.717) is 31.5 Å². The number of nitrogens with zero attached hydrogens (tertiary/aromatic N) is 1. The first-order valence-electron chi connectivity index (χ1n) is 7.08. The molecule has 0 aliphatic carbocycles. The van der Waals surface area contributed by atoms with Gasteiger partial charge in [-0.15, -0.1) is 0 Å². The van der Waals surface area contributed by atoms with Crippen LogP contribution in [0.5, 0.6) is 5.75 Å². The molecular formula is C15H18F3NO3. The first kappa shape index (κ1) is 16.8. The number of alkyl halides is 3. The molecule has 0 bridgehead atoms. The number of β-amino-alcohol motifs (C(OH)–C–C–N with tert-alkyl or cyclic N) is 1. The van der Waals surface area contributed by atoms with Gasteiger partial charge in [0.1, 0.15) is 5.75 Å². The maximum atomic E-state index is 12.3. The highest BCUT2D eigenvalue weighted by atomic mass is 19.4. The van der Waals surface area contributed by atoms with Crippen LogP contribution in [0.3, 0.4) is 0 Å². The molecule has 122 valence electrons. The molecule has 1 aliphatic heterocycles. The molecule has 1 aliphatic rings. The van der Waals surface area contributed by atoms with Crippen LogP contribution >= 0.6 is 0 Å². The zero-order valence-corrected chi connectivity index (χ0v) is 11.9. The van der Waals surface area contributed by atoms with Gasteiger partial charge in [0.25, 0.3) is 0 Å². The van der Waals surface area contributed by atoms with Crippen molar-refractivity contribution < 1.29 is 28.2 Å². The summed E-state index contributed by atoms with van der Waals surface area (Å²) in [5.74, 6) is -0.215. The van der Waals surface area contributed by atoms with Crippen LogP contribution in [0.15, 0.2) is 24.3 Å². The quantitative estimate of drug-likeness (QED) is 0.836. The molecule has 0 unspecified atom stereocenters. The number of piperidine rings is 1. The Balaban J connectivity index is 1.87. The number of phenols is 1. The second-order valence-electron chi connectivity index (χ2n) is 5.54. The van der Waals surface area contributed by atoms with Gasteiger partial charge >= 0.3 is 6.18 Å². The first-order valence-corrected chi connectivity index (χ1v) is 7.08. The molecule has 0 radical (unpaired) electrons. The topological polar surface area (TPSA) is 60.8 Å². The Labute approximate surface area is 126 Å². The Kier molecular flexibility index (Phi) is 5.08. The van der Waals surface area contributed by atoms with Gasteiger partial charge < -0.3 is 15.1 Å². The van der Waals surface area contributed by atoms with E-state index in [1.165, 1.54) is 29.2 Å². The van der Waals surface area contributed by atoms with Crippen molar-refractivity contribution >= 4 is 5.78 Å². The molecule has 1 fully saturated rings. The first-order chi connectivity index (χ1) is 10.3. The van der Waals surface area contributed by atoms with Crippen LogP contribution in [0, 0.1) is 5.92 Å². The van der Waals surface area contributed by atoms with Crippen molar-refractivity contribution in [2.45, 2.75) is 25.1 Å². The third-order valence-electron chi connectivity index (χ3n) is 3.92. The minimum Gasteiger partial charge on any atom is -0.508 e. The number of aliphatic hydroxyl groups excluding tert-OH is 1. The number of benzene rings is 1. The zero-order chi connectivity index (χ0) is 16.3. The molecule has 1 saturated heterocycles. The number of Topliss-reactive ketones (excluding diaryl/α,β-unsaturated/α-hetero) is 1. The summed E-state index contributed by atoms with van der Waals surface area (Å²) in [4.78, 5) is 13.8. The van der Waals surface area contributed by atoms with E-state index in [4.69, 9.17) is 5.11 Å². The third-order valence-corrected chi connectivity index (χ3v) is 3.92. The van der Waals surface area contributed by atoms with Gasteiger partial charge in [0.2, 0.25) is 0 Å². The lowest BCUT2D eigenvalue weighted by atomic mass is 9.89. The lowest BCUT2D eigenvalue weighted by molar-refractivity contribution is -0.208. The molecule has 0 amide bonds. The molecule has 1 aromatic rings. The highest BCUT2D eigenvalue weighted by Gasteiger charge is 2.39. The molecule has 2 rings (SSSR count). The molecule has 7 heteroatoms. The molecule has 1 heterocycles. The Morgan fingerprint density at radius 1 is 1.23 bits per heavy atom. The number of carbonyl (C=O) groups is 1. The number of carbonyl (C=O) groups excluding carboxylic acids is 1. The average Bonchev–Trinajstić information content (AvgIpc) is 2.47. The number of hydrogen-bond donors (Lipinski definition) is 2. The van der Waals surface area contributed by atoms with Crippen LogP contribution in [0.1, 0.15) is 23.2 Å². The predicted octanol–water partition coefficient (Wildman–Crippen LogP) is 2.21. The van der Waals surface area contributed by atoms with Gasteiger partial charge in [-0.3, -0.25) is 4.79 Å². The summed E-state index contributed by atoms with van der Waals surface area (Å²) in [5, 5.41) is 18.3. The number of rotatable bonds is 4. The number of aromatic hydroxyl groups is 1. The summed E-state index contributed by atoms with van der Waals surface area (Å²) in [6.07, 6.45) is -6.04. The number of ketones is 1. The minimum absolute atomic E-state index is 0.0592. The minimum atomic E-state index is -4.61. The highest BCUT2D eigenvalue weighted by molar-refractivity contribution is 5.98. The fourth-order valence-electron chi connectivity index (χ4n) is 2.59. The second-order valence-corrected chi connectivity index (χ2v) is 5.54. The number of halogens is 3. The standard InChI is InChI=1S/C15H18F3NO3/c16-15(17,18)13(21)9-19-7-5-11(6-8-19)14(22)10-1-3-12(20)4-2-10/h1-4,11,13,20-21H,5-9H2/t13-/m1/s1. The molecule has 4 nitrogen and oxygen atoms in total. The van der Waals surface area contributed by atoms with E-state index in [2.05, 4.69) is 0 Å². The summed E-state index contributed by atoms with van der Waals surface area (Å²) >= 11 is 0. The van der Waals surface area contributed by atoms with Crippen LogP contribution in [0.25, 0.3) is 0 Å². The molecule has 0 aromatic heterocycles. The Morgan fingerprint density at radius 2 is 1.77 bits per heavy atom. The molecule has 22 heavy (non-hydrogen) atoms. The summed E-state index contributed by atoms with van der Waals surface area (Å²) in [5.41, 5.74) is 0.492. The van der Waals surface area contributed by atoms with Gasteiger partial charge in [-0.1, -0.05) is 0 Å². The van der Waals surface area contributed by atoms with Crippen LogP contribution in [0.4, 0.5) is 13.2 Å². The molecule has 0 spiro atoms. The van der Waals surface area contributed by atoms with Crippen LogP contribution in [-0.4, -0.2) is 52.8 Å². The number of phenolic OH excluding ortho intramolecular Hbond substituents is 1. The zero-order valence-electron chi connectivity index (χ0n) is 11.9. The van der Waals surface area contributed by atoms with Gasteiger partial charge in [0, 0.05) is 18.0 Å². The summed E-state index contributed by atoms with van der Waals surface area (Å²) in [7, 11) is 0. The maximum absolute atomic E-state index is 12.3. The van der Waals surface area contributed by atoms with Crippen LogP contribution < -0.4 is 0 Å². The van der Waals surface area contributed by atoms with E-state index in [-0.39, 0.29) is 17.5 Å². The Morgan fingerprint density at radius 3 is 2.27 bits per heavy atom. The van der Waals surface area contributed by atoms with Gasteiger partial charge in [-0.05, 0) is 50.2 Å². The van der Waals surface area contributed by atoms with Gasteiger partial charge in [0.15, 0.2) is 11.9 Å². The van der Waals surface area contributed by atoms with Crippen molar-refractivity contribution in [1.82, 2.24) is 4.90 Å². The van der Waals surface area contributed by atoms with E-state index in [9.17, 15) is 23.1 Å². The fraction of sp³-hybridized carbons (Fsp3) is 0.533. The van der Waals surface area contributed by atoms with Gasteiger partial charge in [0.05, 0.1) is 0 Å². The van der Waals surface area contributed by atoms with E-state index in [1.807, 2.05) is 0 Å². The van der Waals surface area contributed by atoms with E-state index in [1.54, 1.807) is 0 Å². The van der Waals surface area contributed by atoms with Gasteiger partial charge in [-0.2, -0.15) is 13.2 Å². The van der Waals surface area contributed by atoms with Crippen molar-refractivity contribution in [3.63, 3.8) is 0 Å². The molecule has 1 aromatic carbocycles. The average molecular weight is 317 g/mol. The van der Waals surface area contributed by atoms with Crippen LogP contribution in [-0.2, 0) is 0 Å². The molecular weight excluding hydrogens is 299 g/mol. The fourth-order valence-corrected chi connectivity index (χ4v) is 2.59. The van der Waals surface area contributed by atoms with E-state index < -0.39 is 18.8 Å². The van der Waals surface area contributed by atoms with E-state index >= 15 is 0 Å². The largest absolute Gasteiger partial charge is 0.508 e. The van der Waals surface area contributed by atoms with Crippen molar-refractivity contribution in [3.8, 4) is 5.75 Å². The van der Waals surface area contributed by atoms with Crippen molar-refractivity contribution in [2.24, 2.45) is 5.92 Å². The monoisotopic (exact) mass is 317 g/mol. The number of hydrogen-bond acceptors (Lipinski definition) is 4. The summed E-state index contributed by atoms with van der Waals surface area (Å²) < 4.78 is 36.9. The lowest BCUT2D eigenvalue weighted by Crippen LogP contribution is -2.45. The normalized spacial score (nSPS) is 19.1. The lowest BCUT2D eigenvalue weighted by Gasteiger charge is -2.32. The third kappa shape index (κ3) is 4.20. The van der Waals surface area contributed by atoms with Crippen molar-refractivity contribution in [2.75, 3.05) is 19.6 Å². The molecule has 1 atom stereocenters. The maximum Gasteiger partial charge on any atom is 0.415 e. The number of likely N-dealkylation sites (tertiary alicyclic amines) is 1.